The summed E-state index contributed by atoms with van der Waals surface area (Å²) in [6, 6.07) is 12.8. The van der Waals surface area contributed by atoms with Crippen LogP contribution in [-0.2, 0) is 11.3 Å². The van der Waals surface area contributed by atoms with Crippen LogP contribution in [0, 0.1) is 0 Å². The predicted molar refractivity (Wildman–Crippen MR) is 99.3 cm³/mol. The maximum absolute atomic E-state index is 12.3. The number of nitrogens with zero attached hydrogens (tertiary/aromatic N) is 2. The van der Waals surface area contributed by atoms with Gasteiger partial charge in [0.25, 0.3) is 0 Å². The summed E-state index contributed by atoms with van der Waals surface area (Å²) in [4.78, 5) is 28.6. The van der Waals surface area contributed by atoms with Crippen LogP contribution in [0.5, 0.6) is 0 Å². The first kappa shape index (κ1) is 15.3. The van der Waals surface area contributed by atoms with E-state index in [1.54, 1.807) is 18.2 Å². The largest absolute Gasteiger partial charge is 0.308 e. The van der Waals surface area contributed by atoms with Crippen molar-refractivity contribution in [2.45, 2.75) is 6.54 Å². The van der Waals surface area contributed by atoms with Gasteiger partial charge in [0.1, 0.15) is 6.54 Å². The molecule has 0 radical (unpaired) electrons. The average Bonchev–Trinajstić information content (AvgIpc) is 3.07. The van der Waals surface area contributed by atoms with Crippen LogP contribution < -0.4 is 10.2 Å². The molecule has 8 heteroatoms. The number of thiazole rings is 2. The molecule has 4 aromatic rings. The van der Waals surface area contributed by atoms with E-state index in [9.17, 15) is 9.59 Å². The highest BCUT2D eigenvalue weighted by Gasteiger charge is 2.13. The van der Waals surface area contributed by atoms with Gasteiger partial charge < -0.3 is 5.32 Å². The lowest BCUT2D eigenvalue weighted by Crippen LogP contribution is -2.24. The number of rotatable bonds is 3. The molecule has 0 spiro atoms. The van der Waals surface area contributed by atoms with E-state index in [2.05, 4.69) is 10.3 Å². The molecule has 5 nitrogen and oxygen atoms in total. The predicted octanol–water partition coefficient (Wildman–Crippen LogP) is 3.96. The Bertz CT molecular complexity index is 1130. The molecule has 0 saturated carbocycles. The Hall–Kier alpha value is -2.22. The number of hydrogen-bond donors (Lipinski definition) is 1. The van der Waals surface area contributed by atoms with Gasteiger partial charge in [0.05, 0.1) is 20.4 Å². The van der Waals surface area contributed by atoms with Gasteiger partial charge in [-0.25, -0.2) is 4.98 Å². The van der Waals surface area contributed by atoms with E-state index in [4.69, 9.17) is 11.6 Å². The highest BCUT2D eigenvalue weighted by Crippen LogP contribution is 2.28. The number of anilines is 1. The summed E-state index contributed by atoms with van der Waals surface area (Å²) >= 11 is 8.44. The van der Waals surface area contributed by atoms with Gasteiger partial charge in [-0.05, 0) is 30.3 Å². The molecule has 0 fully saturated rings. The van der Waals surface area contributed by atoms with Crippen molar-refractivity contribution < 1.29 is 4.79 Å². The van der Waals surface area contributed by atoms with Crippen molar-refractivity contribution >= 4 is 65.7 Å². The number of amides is 1. The average molecular weight is 376 g/mol. The molecule has 2 aromatic carbocycles. The number of halogens is 1. The maximum Gasteiger partial charge on any atom is 0.308 e. The van der Waals surface area contributed by atoms with Crippen LogP contribution >= 0.6 is 34.3 Å². The third-order valence-electron chi connectivity index (χ3n) is 3.47. The van der Waals surface area contributed by atoms with Crippen LogP contribution in [0.2, 0.25) is 5.02 Å². The fourth-order valence-corrected chi connectivity index (χ4v) is 4.47. The molecule has 2 heterocycles. The maximum atomic E-state index is 12.3. The number of carbonyl (C=O) groups excluding carboxylic acids is 1. The molecule has 0 unspecified atom stereocenters. The van der Waals surface area contributed by atoms with Gasteiger partial charge in [0, 0.05) is 5.02 Å². The molecule has 120 valence electrons. The van der Waals surface area contributed by atoms with Gasteiger partial charge >= 0.3 is 4.87 Å². The van der Waals surface area contributed by atoms with Crippen molar-refractivity contribution in [2.24, 2.45) is 0 Å². The van der Waals surface area contributed by atoms with Gasteiger partial charge in [0.2, 0.25) is 5.91 Å². The minimum Gasteiger partial charge on any atom is -0.300 e. The van der Waals surface area contributed by atoms with Crippen molar-refractivity contribution in [1.82, 2.24) is 9.55 Å². The molecular formula is C16H10ClN3O2S2. The standard InChI is InChI=1S/C16H10ClN3O2S2/c17-9-5-6-10-13(7-9)23-15(18-10)19-14(21)8-20-11-3-1-2-4-12(11)24-16(20)22/h1-7H,8H2,(H,18,19,21). The van der Waals surface area contributed by atoms with Crippen molar-refractivity contribution in [3.63, 3.8) is 0 Å². The van der Waals surface area contributed by atoms with Crippen LogP contribution in [0.4, 0.5) is 5.13 Å². The minimum absolute atomic E-state index is 0.0421. The number of para-hydroxylation sites is 1. The second-order valence-corrected chi connectivity index (χ2v) is 7.56. The monoisotopic (exact) mass is 375 g/mol. The topological polar surface area (TPSA) is 64.0 Å². The molecular weight excluding hydrogens is 366 g/mol. The van der Waals surface area contributed by atoms with E-state index in [0.717, 1.165) is 31.8 Å². The molecule has 24 heavy (non-hydrogen) atoms. The molecule has 1 amide bonds. The molecule has 1 N–H and O–H groups in total. The molecule has 0 aliphatic heterocycles. The second-order valence-electron chi connectivity index (χ2n) is 5.10. The number of fused-ring (bicyclic) bond motifs is 2. The molecule has 0 aliphatic carbocycles. The minimum atomic E-state index is -0.286. The third kappa shape index (κ3) is 2.82. The first-order valence-corrected chi connectivity index (χ1v) is 9.05. The lowest BCUT2D eigenvalue weighted by atomic mass is 10.3. The Balaban J connectivity index is 1.59. The van der Waals surface area contributed by atoms with Gasteiger partial charge in [0.15, 0.2) is 5.13 Å². The van der Waals surface area contributed by atoms with Crippen LogP contribution in [0.3, 0.4) is 0 Å². The van der Waals surface area contributed by atoms with Crippen molar-refractivity contribution in [1.29, 1.82) is 0 Å². The molecule has 0 aliphatic rings. The van der Waals surface area contributed by atoms with Crippen molar-refractivity contribution in [3.05, 3.63) is 57.2 Å². The number of hydrogen-bond acceptors (Lipinski definition) is 5. The Morgan fingerprint density at radius 2 is 2.00 bits per heavy atom. The molecule has 2 aromatic heterocycles. The van der Waals surface area contributed by atoms with Gasteiger partial charge in [-0.1, -0.05) is 46.4 Å². The summed E-state index contributed by atoms with van der Waals surface area (Å²) in [6.45, 7) is -0.0421. The third-order valence-corrected chi connectivity index (χ3v) is 5.60. The van der Waals surface area contributed by atoms with Crippen LogP contribution in [0.1, 0.15) is 0 Å². The number of aromatic nitrogens is 2. The molecule has 4 rings (SSSR count). The van der Waals surface area contributed by atoms with E-state index in [0.29, 0.717) is 10.2 Å². The quantitative estimate of drug-likeness (QED) is 0.589. The summed E-state index contributed by atoms with van der Waals surface area (Å²) in [5.41, 5.74) is 1.54. The van der Waals surface area contributed by atoms with E-state index < -0.39 is 0 Å². The Morgan fingerprint density at radius 1 is 1.17 bits per heavy atom. The Morgan fingerprint density at radius 3 is 2.88 bits per heavy atom. The lowest BCUT2D eigenvalue weighted by molar-refractivity contribution is -0.116. The van der Waals surface area contributed by atoms with Gasteiger partial charge in [-0.15, -0.1) is 0 Å². The first-order chi connectivity index (χ1) is 11.6. The van der Waals surface area contributed by atoms with Gasteiger partial charge in [-0.2, -0.15) is 0 Å². The smallest absolute Gasteiger partial charge is 0.300 e. The summed E-state index contributed by atoms with van der Waals surface area (Å²) < 4.78 is 3.24. The summed E-state index contributed by atoms with van der Waals surface area (Å²) in [5, 5.41) is 3.87. The van der Waals surface area contributed by atoms with E-state index in [-0.39, 0.29) is 17.3 Å². The SMILES string of the molecule is O=C(Cn1c(=O)sc2ccccc21)Nc1nc2ccc(Cl)cc2s1. The van der Waals surface area contributed by atoms with Gasteiger partial charge in [-0.3, -0.25) is 14.2 Å². The summed E-state index contributed by atoms with van der Waals surface area (Å²) in [6.07, 6.45) is 0. The highest BCUT2D eigenvalue weighted by atomic mass is 35.5. The zero-order valence-corrected chi connectivity index (χ0v) is 14.5. The number of nitrogens with one attached hydrogen (secondary N) is 1. The van der Waals surface area contributed by atoms with E-state index in [1.807, 2.05) is 24.3 Å². The van der Waals surface area contributed by atoms with Crippen LogP contribution in [0.25, 0.3) is 20.4 Å². The summed E-state index contributed by atoms with van der Waals surface area (Å²) in [5.74, 6) is -0.286. The number of benzene rings is 2. The zero-order valence-electron chi connectivity index (χ0n) is 12.2. The fourth-order valence-electron chi connectivity index (χ4n) is 2.42. The summed E-state index contributed by atoms with van der Waals surface area (Å²) in [7, 11) is 0. The fraction of sp³-hybridized carbons (Fsp3) is 0.0625. The van der Waals surface area contributed by atoms with Crippen LogP contribution in [-0.4, -0.2) is 15.5 Å². The van der Waals surface area contributed by atoms with E-state index >= 15 is 0 Å². The second kappa shape index (κ2) is 6.01. The molecule has 0 atom stereocenters. The number of carbonyl (C=O) groups is 1. The molecule has 0 saturated heterocycles. The Labute approximate surface area is 149 Å². The molecule has 0 bridgehead atoms. The normalized spacial score (nSPS) is 11.2. The first-order valence-electron chi connectivity index (χ1n) is 7.04. The lowest BCUT2D eigenvalue weighted by Gasteiger charge is -2.03. The van der Waals surface area contributed by atoms with Crippen LogP contribution in [0.15, 0.2) is 47.3 Å². The highest BCUT2D eigenvalue weighted by molar-refractivity contribution is 7.22. The van der Waals surface area contributed by atoms with E-state index in [1.165, 1.54) is 15.9 Å². The van der Waals surface area contributed by atoms with Crippen molar-refractivity contribution in [2.75, 3.05) is 5.32 Å². The Kier molecular flexibility index (Phi) is 3.84. The van der Waals surface area contributed by atoms with Crippen molar-refractivity contribution in [3.8, 4) is 0 Å². The zero-order chi connectivity index (χ0) is 16.7.